The molecule has 0 unspecified atom stereocenters. The lowest BCUT2D eigenvalue weighted by Crippen LogP contribution is -2.01. The van der Waals surface area contributed by atoms with Gasteiger partial charge in [-0.15, -0.1) is 0 Å². The molecule has 64 valence electrons. The highest BCUT2D eigenvalue weighted by Gasteiger charge is 1.88. The molecule has 0 radical (unpaired) electrons. The van der Waals surface area contributed by atoms with Gasteiger partial charge in [0, 0.05) is 6.54 Å². The van der Waals surface area contributed by atoms with E-state index in [4.69, 9.17) is 5.73 Å². The SMILES string of the molecule is CCC/C=C\C(C)=C(/C)CN. The third-order valence-electron chi connectivity index (χ3n) is 1.80. The van der Waals surface area contributed by atoms with Crippen molar-refractivity contribution in [1.29, 1.82) is 0 Å². The second-order valence-electron chi connectivity index (χ2n) is 2.86. The summed E-state index contributed by atoms with van der Waals surface area (Å²) in [5.41, 5.74) is 8.07. The fraction of sp³-hybridized carbons (Fsp3) is 0.600. The van der Waals surface area contributed by atoms with Crippen LogP contribution in [0.25, 0.3) is 0 Å². The Morgan fingerprint density at radius 3 is 2.45 bits per heavy atom. The van der Waals surface area contributed by atoms with Crippen LogP contribution in [-0.4, -0.2) is 6.54 Å². The Bertz CT molecular complexity index is 154. The summed E-state index contributed by atoms with van der Waals surface area (Å²) in [6, 6.07) is 0. The maximum atomic E-state index is 5.49. The molecular weight excluding hydrogens is 134 g/mol. The Morgan fingerprint density at radius 2 is 2.00 bits per heavy atom. The van der Waals surface area contributed by atoms with Gasteiger partial charge in [-0.25, -0.2) is 0 Å². The normalized spacial score (nSPS) is 13.8. The van der Waals surface area contributed by atoms with Gasteiger partial charge in [0.2, 0.25) is 0 Å². The summed E-state index contributed by atoms with van der Waals surface area (Å²) in [4.78, 5) is 0. The van der Waals surface area contributed by atoms with Gasteiger partial charge in [0.05, 0.1) is 0 Å². The molecule has 0 aromatic carbocycles. The maximum absolute atomic E-state index is 5.49. The molecule has 11 heavy (non-hydrogen) atoms. The summed E-state index contributed by atoms with van der Waals surface area (Å²) in [5, 5.41) is 0. The minimum absolute atomic E-state index is 0.669. The maximum Gasteiger partial charge on any atom is 0.0139 e. The Labute approximate surface area is 70.0 Å². The van der Waals surface area contributed by atoms with Gasteiger partial charge in [-0.05, 0) is 20.3 Å². The van der Waals surface area contributed by atoms with Crippen LogP contribution in [0.5, 0.6) is 0 Å². The average Bonchev–Trinajstić information content (AvgIpc) is 2.03. The molecule has 0 saturated carbocycles. The number of allylic oxidation sites excluding steroid dienone is 3. The highest BCUT2D eigenvalue weighted by molar-refractivity contribution is 5.22. The third kappa shape index (κ3) is 4.79. The summed E-state index contributed by atoms with van der Waals surface area (Å²) < 4.78 is 0. The number of nitrogens with two attached hydrogens (primary N) is 1. The summed E-state index contributed by atoms with van der Waals surface area (Å²) in [5.74, 6) is 0. The molecule has 1 nitrogen and oxygen atoms in total. The van der Waals surface area contributed by atoms with Crippen molar-refractivity contribution in [3.05, 3.63) is 23.3 Å². The van der Waals surface area contributed by atoms with Crippen molar-refractivity contribution in [3.8, 4) is 0 Å². The third-order valence-corrected chi connectivity index (χ3v) is 1.80. The summed E-state index contributed by atoms with van der Waals surface area (Å²) in [6.07, 6.45) is 6.74. The highest BCUT2D eigenvalue weighted by atomic mass is 14.5. The zero-order valence-electron chi connectivity index (χ0n) is 7.85. The fourth-order valence-electron chi connectivity index (χ4n) is 0.730. The molecule has 0 aliphatic rings. The molecule has 0 aliphatic heterocycles. The van der Waals surface area contributed by atoms with Crippen LogP contribution in [0.4, 0.5) is 0 Å². The van der Waals surface area contributed by atoms with E-state index < -0.39 is 0 Å². The molecule has 0 rings (SSSR count). The molecule has 0 heterocycles. The largest absolute Gasteiger partial charge is 0.327 e. The van der Waals surface area contributed by atoms with Gasteiger partial charge in [-0.3, -0.25) is 0 Å². The molecule has 1 heteroatoms. The molecular formula is C10H19N. The van der Waals surface area contributed by atoms with Crippen LogP contribution < -0.4 is 5.73 Å². The Hall–Kier alpha value is -0.560. The van der Waals surface area contributed by atoms with E-state index in [1.54, 1.807) is 0 Å². The second-order valence-corrected chi connectivity index (χ2v) is 2.86. The summed E-state index contributed by atoms with van der Waals surface area (Å²) in [7, 11) is 0. The number of unbranched alkanes of at least 4 members (excludes halogenated alkanes) is 1. The van der Waals surface area contributed by atoms with Gasteiger partial charge >= 0.3 is 0 Å². The van der Waals surface area contributed by atoms with Crippen LogP contribution in [0.3, 0.4) is 0 Å². The monoisotopic (exact) mass is 153 g/mol. The number of rotatable bonds is 4. The van der Waals surface area contributed by atoms with E-state index in [9.17, 15) is 0 Å². The minimum atomic E-state index is 0.669. The molecule has 0 amide bonds. The molecule has 2 N–H and O–H groups in total. The van der Waals surface area contributed by atoms with Gasteiger partial charge in [0.25, 0.3) is 0 Å². The first-order chi connectivity index (χ1) is 5.22. The zero-order chi connectivity index (χ0) is 8.69. The van der Waals surface area contributed by atoms with Crippen molar-refractivity contribution in [2.45, 2.75) is 33.6 Å². The predicted molar refractivity (Wildman–Crippen MR) is 51.5 cm³/mol. The Balaban J connectivity index is 3.93. The van der Waals surface area contributed by atoms with E-state index in [1.165, 1.54) is 17.6 Å². The van der Waals surface area contributed by atoms with Crippen molar-refractivity contribution in [2.24, 2.45) is 5.73 Å². The first-order valence-electron chi connectivity index (χ1n) is 4.25. The molecule has 0 saturated heterocycles. The number of hydrogen-bond donors (Lipinski definition) is 1. The van der Waals surface area contributed by atoms with E-state index in [0.29, 0.717) is 6.54 Å². The molecule has 0 aromatic rings. The fourth-order valence-corrected chi connectivity index (χ4v) is 0.730. The van der Waals surface area contributed by atoms with Gasteiger partial charge in [-0.1, -0.05) is 36.6 Å². The molecule has 0 spiro atoms. The van der Waals surface area contributed by atoms with Crippen molar-refractivity contribution >= 4 is 0 Å². The van der Waals surface area contributed by atoms with Gasteiger partial charge in [0.1, 0.15) is 0 Å². The van der Waals surface area contributed by atoms with Gasteiger partial charge in [-0.2, -0.15) is 0 Å². The lowest BCUT2D eigenvalue weighted by Gasteiger charge is -1.98. The first kappa shape index (κ1) is 10.4. The second kappa shape index (κ2) is 6.17. The van der Waals surface area contributed by atoms with Gasteiger partial charge in [0.15, 0.2) is 0 Å². The van der Waals surface area contributed by atoms with Crippen molar-refractivity contribution in [1.82, 2.24) is 0 Å². The van der Waals surface area contributed by atoms with Crippen molar-refractivity contribution < 1.29 is 0 Å². The van der Waals surface area contributed by atoms with Crippen LogP contribution in [0.15, 0.2) is 23.3 Å². The van der Waals surface area contributed by atoms with Crippen LogP contribution in [-0.2, 0) is 0 Å². The van der Waals surface area contributed by atoms with Gasteiger partial charge < -0.3 is 5.73 Å². The van der Waals surface area contributed by atoms with E-state index in [0.717, 1.165) is 6.42 Å². The van der Waals surface area contributed by atoms with Crippen molar-refractivity contribution in [3.63, 3.8) is 0 Å². The smallest absolute Gasteiger partial charge is 0.0139 e. The quantitative estimate of drug-likeness (QED) is 0.617. The van der Waals surface area contributed by atoms with E-state index >= 15 is 0 Å². The predicted octanol–water partition coefficient (Wildman–Crippen LogP) is 2.64. The molecule has 0 aliphatic carbocycles. The molecule has 0 fully saturated rings. The highest BCUT2D eigenvalue weighted by Crippen LogP contribution is 2.03. The lowest BCUT2D eigenvalue weighted by atomic mass is 10.1. The summed E-state index contributed by atoms with van der Waals surface area (Å²) >= 11 is 0. The van der Waals surface area contributed by atoms with E-state index in [2.05, 4.69) is 32.9 Å². The topological polar surface area (TPSA) is 26.0 Å². The number of hydrogen-bond acceptors (Lipinski definition) is 1. The first-order valence-corrected chi connectivity index (χ1v) is 4.25. The zero-order valence-corrected chi connectivity index (χ0v) is 7.85. The Kier molecular flexibility index (Phi) is 5.86. The average molecular weight is 153 g/mol. The Morgan fingerprint density at radius 1 is 1.36 bits per heavy atom. The minimum Gasteiger partial charge on any atom is -0.327 e. The van der Waals surface area contributed by atoms with Crippen molar-refractivity contribution in [2.75, 3.05) is 6.54 Å². The molecule has 0 atom stereocenters. The van der Waals surface area contributed by atoms with E-state index in [-0.39, 0.29) is 0 Å². The lowest BCUT2D eigenvalue weighted by molar-refractivity contribution is 0.956. The standard InChI is InChI=1S/C10H19N/c1-4-5-6-7-9(2)10(3)8-11/h6-7H,4-5,8,11H2,1-3H3/b7-6-,10-9+. The van der Waals surface area contributed by atoms with Crippen LogP contribution in [0.1, 0.15) is 33.6 Å². The van der Waals surface area contributed by atoms with E-state index in [1.807, 2.05) is 0 Å². The summed E-state index contributed by atoms with van der Waals surface area (Å²) in [6.45, 7) is 7.03. The van der Waals surface area contributed by atoms with Crippen LogP contribution in [0, 0.1) is 0 Å². The molecule has 0 bridgehead atoms. The molecule has 0 aromatic heterocycles. The van der Waals surface area contributed by atoms with Crippen LogP contribution >= 0.6 is 0 Å². The van der Waals surface area contributed by atoms with Crippen LogP contribution in [0.2, 0.25) is 0 Å².